The lowest BCUT2D eigenvalue weighted by Gasteiger charge is -2.07. The van der Waals surface area contributed by atoms with Crippen LogP contribution in [0.2, 0.25) is 20.1 Å². The molecule has 0 heterocycles. The van der Waals surface area contributed by atoms with Crippen LogP contribution >= 0.6 is 46.4 Å². The number of carbonyl (C=O) groups is 1. The SMILES string of the molecule is N#C/C(=C/Nc1cc(Cl)cc(Cl)c1)C(=O)Nc1ccc(Cl)cc1Cl. The Kier molecular flexibility index (Phi) is 6.36. The van der Waals surface area contributed by atoms with E-state index in [1.165, 1.54) is 12.3 Å². The second-order valence-electron chi connectivity index (χ2n) is 4.55. The van der Waals surface area contributed by atoms with Gasteiger partial charge in [0.2, 0.25) is 0 Å². The Morgan fingerprint density at radius 3 is 2.25 bits per heavy atom. The van der Waals surface area contributed by atoms with Gasteiger partial charge in [-0.3, -0.25) is 4.79 Å². The van der Waals surface area contributed by atoms with Gasteiger partial charge in [0, 0.05) is 27.0 Å². The van der Waals surface area contributed by atoms with Gasteiger partial charge in [-0.05, 0) is 36.4 Å². The maximum atomic E-state index is 12.2. The Hall–Kier alpha value is -1.90. The number of nitriles is 1. The average Bonchev–Trinajstić information content (AvgIpc) is 2.50. The highest BCUT2D eigenvalue weighted by Crippen LogP contribution is 2.26. The van der Waals surface area contributed by atoms with Gasteiger partial charge in [0.05, 0.1) is 10.7 Å². The molecule has 24 heavy (non-hydrogen) atoms. The second kappa shape index (κ2) is 8.27. The first-order valence-electron chi connectivity index (χ1n) is 6.48. The van der Waals surface area contributed by atoms with E-state index in [1.807, 2.05) is 0 Å². The molecule has 8 heteroatoms. The summed E-state index contributed by atoms with van der Waals surface area (Å²) in [6, 6.07) is 11.2. The Morgan fingerprint density at radius 2 is 1.67 bits per heavy atom. The summed E-state index contributed by atoms with van der Waals surface area (Å²) in [7, 11) is 0. The zero-order valence-electron chi connectivity index (χ0n) is 11.9. The molecule has 0 aliphatic rings. The fraction of sp³-hybridized carbons (Fsp3) is 0. The smallest absolute Gasteiger partial charge is 0.267 e. The lowest BCUT2D eigenvalue weighted by molar-refractivity contribution is -0.112. The van der Waals surface area contributed by atoms with Crippen LogP contribution in [-0.2, 0) is 4.79 Å². The molecule has 0 saturated heterocycles. The number of halogens is 4. The molecule has 2 N–H and O–H groups in total. The first-order chi connectivity index (χ1) is 11.4. The third-order valence-corrected chi connectivity index (χ3v) is 3.77. The van der Waals surface area contributed by atoms with Crippen molar-refractivity contribution < 1.29 is 4.79 Å². The van der Waals surface area contributed by atoms with Gasteiger partial charge in [-0.15, -0.1) is 0 Å². The van der Waals surface area contributed by atoms with Crippen molar-refractivity contribution in [1.82, 2.24) is 0 Å². The number of nitrogens with zero attached hydrogens (tertiary/aromatic N) is 1. The molecule has 4 nitrogen and oxygen atoms in total. The zero-order chi connectivity index (χ0) is 17.7. The van der Waals surface area contributed by atoms with Crippen LogP contribution in [0, 0.1) is 11.3 Å². The predicted octanol–water partition coefficient (Wildman–Crippen LogP) is 5.76. The van der Waals surface area contributed by atoms with Crippen molar-refractivity contribution in [2.45, 2.75) is 0 Å². The molecular formula is C16H9Cl4N3O. The Morgan fingerprint density at radius 1 is 1.00 bits per heavy atom. The molecule has 0 spiro atoms. The molecule has 2 aromatic carbocycles. The number of carbonyl (C=O) groups excluding carboxylic acids is 1. The van der Waals surface area contributed by atoms with Crippen LogP contribution in [0.1, 0.15) is 0 Å². The summed E-state index contributed by atoms with van der Waals surface area (Å²) in [6.45, 7) is 0. The van der Waals surface area contributed by atoms with E-state index in [1.54, 1.807) is 36.4 Å². The summed E-state index contributed by atoms with van der Waals surface area (Å²) >= 11 is 23.5. The molecule has 2 aromatic rings. The van der Waals surface area contributed by atoms with E-state index in [9.17, 15) is 4.79 Å². The van der Waals surface area contributed by atoms with E-state index >= 15 is 0 Å². The summed E-state index contributed by atoms with van der Waals surface area (Å²) in [5.74, 6) is -0.623. The molecule has 0 aromatic heterocycles. The molecular weight excluding hydrogens is 392 g/mol. The van der Waals surface area contributed by atoms with Gasteiger partial charge < -0.3 is 10.6 Å². The molecule has 1 amide bonds. The second-order valence-corrected chi connectivity index (χ2v) is 6.27. The van der Waals surface area contributed by atoms with E-state index in [0.29, 0.717) is 26.4 Å². The van der Waals surface area contributed by atoms with Crippen LogP contribution in [-0.4, -0.2) is 5.91 Å². The van der Waals surface area contributed by atoms with Gasteiger partial charge in [-0.1, -0.05) is 46.4 Å². The fourth-order valence-corrected chi connectivity index (χ4v) is 2.70. The maximum absolute atomic E-state index is 12.2. The number of nitrogens with one attached hydrogen (secondary N) is 2. The summed E-state index contributed by atoms with van der Waals surface area (Å²) < 4.78 is 0. The predicted molar refractivity (Wildman–Crippen MR) is 98.9 cm³/mol. The van der Waals surface area contributed by atoms with Crippen molar-refractivity contribution in [3.63, 3.8) is 0 Å². The first-order valence-corrected chi connectivity index (χ1v) is 7.99. The number of hydrogen-bond donors (Lipinski definition) is 2. The number of rotatable bonds is 4. The van der Waals surface area contributed by atoms with E-state index in [4.69, 9.17) is 51.7 Å². The van der Waals surface area contributed by atoms with Crippen LogP contribution < -0.4 is 10.6 Å². The zero-order valence-corrected chi connectivity index (χ0v) is 14.9. The number of hydrogen-bond acceptors (Lipinski definition) is 3. The molecule has 0 aliphatic carbocycles. The van der Waals surface area contributed by atoms with E-state index in [0.717, 1.165) is 0 Å². The third-order valence-electron chi connectivity index (χ3n) is 2.79. The largest absolute Gasteiger partial charge is 0.360 e. The van der Waals surface area contributed by atoms with E-state index in [-0.39, 0.29) is 10.6 Å². The van der Waals surface area contributed by atoms with Crippen molar-refractivity contribution in [2.24, 2.45) is 0 Å². The van der Waals surface area contributed by atoms with Gasteiger partial charge in [0.1, 0.15) is 11.6 Å². The molecule has 122 valence electrons. The average molecular weight is 401 g/mol. The summed E-state index contributed by atoms with van der Waals surface area (Å²) in [4.78, 5) is 12.2. The third kappa shape index (κ3) is 5.05. The minimum Gasteiger partial charge on any atom is -0.360 e. The monoisotopic (exact) mass is 399 g/mol. The molecule has 0 fully saturated rings. The normalized spacial score (nSPS) is 10.9. The lowest BCUT2D eigenvalue weighted by atomic mass is 10.2. The first kappa shape index (κ1) is 18.4. The number of benzene rings is 2. The van der Waals surface area contributed by atoms with E-state index in [2.05, 4.69) is 10.6 Å². The quantitative estimate of drug-likeness (QED) is 0.506. The van der Waals surface area contributed by atoms with Crippen LogP contribution in [0.3, 0.4) is 0 Å². The minimum absolute atomic E-state index is 0.155. The van der Waals surface area contributed by atoms with Gasteiger partial charge in [0.15, 0.2) is 0 Å². The van der Waals surface area contributed by atoms with Gasteiger partial charge in [0.25, 0.3) is 5.91 Å². The summed E-state index contributed by atoms with van der Waals surface area (Å²) in [5.41, 5.74) is 0.729. The van der Waals surface area contributed by atoms with Crippen molar-refractivity contribution in [3.8, 4) is 6.07 Å². The van der Waals surface area contributed by atoms with Crippen molar-refractivity contribution >= 4 is 63.7 Å². The number of anilines is 2. The topological polar surface area (TPSA) is 64.9 Å². The van der Waals surface area contributed by atoms with Crippen LogP contribution in [0.25, 0.3) is 0 Å². The van der Waals surface area contributed by atoms with Crippen molar-refractivity contribution in [3.05, 3.63) is 68.3 Å². The molecule has 0 aliphatic heterocycles. The van der Waals surface area contributed by atoms with Crippen molar-refractivity contribution in [2.75, 3.05) is 10.6 Å². The Balaban J connectivity index is 2.15. The highest BCUT2D eigenvalue weighted by molar-refractivity contribution is 6.37. The van der Waals surface area contributed by atoms with E-state index < -0.39 is 5.91 Å². The van der Waals surface area contributed by atoms with Gasteiger partial charge >= 0.3 is 0 Å². The Bertz CT molecular complexity index is 839. The summed E-state index contributed by atoms with van der Waals surface area (Å²) in [5, 5.41) is 16.0. The van der Waals surface area contributed by atoms with Crippen LogP contribution in [0.4, 0.5) is 11.4 Å². The highest BCUT2D eigenvalue weighted by atomic mass is 35.5. The highest BCUT2D eigenvalue weighted by Gasteiger charge is 2.11. The molecule has 0 saturated carbocycles. The fourth-order valence-electron chi connectivity index (χ4n) is 1.72. The van der Waals surface area contributed by atoms with Crippen molar-refractivity contribution in [1.29, 1.82) is 5.26 Å². The summed E-state index contributed by atoms with van der Waals surface area (Å²) in [6.07, 6.45) is 1.25. The van der Waals surface area contributed by atoms with Crippen LogP contribution in [0.15, 0.2) is 48.2 Å². The standard InChI is InChI=1S/C16H9Cl4N3O/c17-10-1-2-15(14(20)6-10)23-16(24)9(7-21)8-22-13-4-11(18)3-12(19)5-13/h1-6,8,22H,(H,23,24)/b9-8-. The maximum Gasteiger partial charge on any atom is 0.267 e. The van der Waals surface area contributed by atoms with Gasteiger partial charge in [-0.2, -0.15) is 5.26 Å². The minimum atomic E-state index is -0.623. The van der Waals surface area contributed by atoms with Gasteiger partial charge in [-0.25, -0.2) is 0 Å². The van der Waals surface area contributed by atoms with Crippen LogP contribution in [0.5, 0.6) is 0 Å². The lowest BCUT2D eigenvalue weighted by Crippen LogP contribution is -2.14. The molecule has 0 radical (unpaired) electrons. The molecule has 0 bridgehead atoms. The Labute approximate surface area is 158 Å². The molecule has 0 unspecified atom stereocenters. The molecule has 0 atom stereocenters. The number of amides is 1. The molecule has 2 rings (SSSR count).